The van der Waals surface area contributed by atoms with Crippen LogP contribution in [0.25, 0.3) is 5.69 Å². The van der Waals surface area contributed by atoms with Gasteiger partial charge >= 0.3 is 0 Å². The highest BCUT2D eigenvalue weighted by Gasteiger charge is 2.26. The second-order valence-corrected chi connectivity index (χ2v) is 6.55. The number of amides is 2. The van der Waals surface area contributed by atoms with Crippen LogP contribution in [0.2, 0.25) is 0 Å². The first-order valence-corrected chi connectivity index (χ1v) is 8.71. The van der Waals surface area contributed by atoms with Crippen LogP contribution in [0, 0.1) is 6.92 Å². The SMILES string of the molecule is Cc1c(C(=O)N2CCc3c(cccc3C(N)=O)C2)cnn1-c1ccncc1. The molecule has 0 aliphatic carbocycles. The summed E-state index contributed by atoms with van der Waals surface area (Å²) in [7, 11) is 0. The van der Waals surface area contributed by atoms with Gasteiger partial charge in [0, 0.05) is 31.0 Å². The third kappa shape index (κ3) is 2.97. The number of aromatic nitrogens is 3. The predicted molar refractivity (Wildman–Crippen MR) is 99.5 cm³/mol. The van der Waals surface area contributed by atoms with E-state index >= 15 is 0 Å². The van der Waals surface area contributed by atoms with Gasteiger partial charge in [0.2, 0.25) is 5.91 Å². The van der Waals surface area contributed by atoms with Crippen molar-refractivity contribution in [3.05, 3.63) is 76.9 Å². The summed E-state index contributed by atoms with van der Waals surface area (Å²) in [5, 5.41) is 4.36. The number of nitrogens with zero attached hydrogens (tertiary/aromatic N) is 4. The number of nitrogens with two attached hydrogens (primary N) is 1. The van der Waals surface area contributed by atoms with Crippen molar-refractivity contribution in [2.75, 3.05) is 6.54 Å². The molecule has 0 atom stereocenters. The molecule has 1 aromatic carbocycles. The van der Waals surface area contributed by atoms with Crippen LogP contribution in [-0.4, -0.2) is 38.0 Å². The van der Waals surface area contributed by atoms with Crippen molar-refractivity contribution >= 4 is 11.8 Å². The fraction of sp³-hybridized carbons (Fsp3) is 0.200. The predicted octanol–water partition coefficient (Wildman–Crippen LogP) is 1.87. The molecule has 7 heteroatoms. The van der Waals surface area contributed by atoms with Gasteiger partial charge in [-0.3, -0.25) is 14.6 Å². The summed E-state index contributed by atoms with van der Waals surface area (Å²) in [4.78, 5) is 30.5. The molecule has 0 spiro atoms. The molecule has 2 aromatic heterocycles. The van der Waals surface area contributed by atoms with Crippen LogP contribution < -0.4 is 5.73 Å². The zero-order valence-corrected chi connectivity index (χ0v) is 14.9. The van der Waals surface area contributed by atoms with Crippen LogP contribution in [0.1, 0.15) is 37.5 Å². The lowest BCUT2D eigenvalue weighted by Crippen LogP contribution is -2.37. The molecular weight excluding hydrogens is 342 g/mol. The van der Waals surface area contributed by atoms with Crippen molar-refractivity contribution in [3.63, 3.8) is 0 Å². The minimum absolute atomic E-state index is 0.0667. The minimum atomic E-state index is -0.430. The Hall–Kier alpha value is -3.48. The lowest BCUT2D eigenvalue weighted by atomic mass is 9.94. The van der Waals surface area contributed by atoms with Crippen molar-refractivity contribution < 1.29 is 9.59 Å². The maximum atomic E-state index is 13.1. The van der Waals surface area contributed by atoms with Crippen LogP contribution in [-0.2, 0) is 13.0 Å². The van der Waals surface area contributed by atoms with Gasteiger partial charge in [-0.2, -0.15) is 5.10 Å². The standard InChI is InChI=1S/C20H19N5O2/c1-13-18(11-23-25(13)15-5-8-22-9-6-15)20(27)24-10-7-16-14(12-24)3-2-4-17(16)19(21)26/h2-6,8-9,11H,7,10,12H2,1H3,(H2,21,26). The summed E-state index contributed by atoms with van der Waals surface area (Å²) in [6.07, 6.45) is 5.59. The van der Waals surface area contributed by atoms with Crippen molar-refractivity contribution in [1.82, 2.24) is 19.7 Å². The Morgan fingerprint density at radius 2 is 1.89 bits per heavy atom. The molecule has 4 rings (SSSR count). The van der Waals surface area contributed by atoms with E-state index in [0.717, 1.165) is 22.5 Å². The largest absolute Gasteiger partial charge is 0.366 e. The highest BCUT2D eigenvalue weighted by molar-refractivity contribution is 5.96. The Labute approximate surface area is 156 Å². The normalized spacial score (nSPS) is 13.3. The van der Waals surface area contributed by atoms with Crippen LogP contribution >= 0.6 is 0 Å². The maximum absolute atomic E-state index is 13.1. The number of hydrogen-bond donors (Lipinski definition) is 1. The first kappa shape index (κ1) is 17.0. The van der Waals surface area contributed by atoms with Gasteiger partial charge < -0.3 is 10.6 Å². The van der Waals surface area contributed by atoms with Crippen molar-refractivity contribution in [2.24, 2.45) is 5.73 Å². The topological polar surface area (TPSA) is 94.1 Å². The summed E-state index contributed by atoms with van der Waals surface area (Å²) in [6.45, 7) is 2.87. The molecule has 0 bridgehead atoms. The molecule has 1 aliphatic rings. The second-order valence-electron chi connectivity index (χ2n) is 6.55. The van der Waals surface area contributed by atoms with E-state index in [0.29, 0.717) is 30.6 Å². The molecular formula is C20H19N5O2. The van der Waals surface area contributed by atoms with E-state index in [9.17, 15) is 9.59 Å². The number of fused-ring (bicyclic) bond motifs is 1. The van der Waals surface area contributed by atoms with Crippen molar-refractivity contribution in [1.29, 1.82) is 0 Å². The Balaban J connectivity index is 1.61. The van der Waals surface area contributed by atoms with Gasteiger partial charge in [0.1, 0.15) is 0 Å². The van der Waals surface area contributed by atoms with E-state index in [4.69, 9.17) is 5.73 Å². The molecule has 136 valence electrons. The summed E-state index contributed by atoms with van der Waals surface area (Å²) in [5.41, 5.74) is 10.1. The van der Waals surface area contributed by atoms with E-state index < -0.39 is 5.91 Å². The molecule has 7 nitrogen and oxygen atoms in total. The number of carbonyl (C=O) groups excluding carboxylic acids is 2. The van der Waals surface area contributed by atoms with Crippen molar-refractivity contribution in [3.8, 4) is 5.69 Å². The van der Waals surface area contributed by atoms with E-state index in [1.807, 2.05) is 25.1 Å². The monoisotopic (exact) mass is 361 g/mol. The van der Waals surface area contributed by atoms with Crippen LogP contribution in [0.4, 0.5) is 0 Å². The average molecular weight is 361 g/mol. The van der Waals surface area contributed by atoms with Crippen LogP contribution in [0.3, 0.4) is 0 Å². The van der Waals surface area contributed by atoms with Gasteiger partial charge in [0.05, 0.1) is 23.1 Å². The Morgan fingerprint density at radius 3 is 2.63 bits per heavy atom. The molecule has 0 unspecified atom stereocenters. The smallest absolute Gasteiger partial charge is 0.257 e. The Bertz CT molecular complexity index is 1030. The molecule has 0 saturated heterocycles. The van der Waals surface area contributed by atoms with Gasteiger partial charge in [-0.25, -0.2) is 4.68 Å². The van der Waals surface area contributed by atoms with E-state index in [1.54, 1.807) is 40.3 Å². The quantitative estimate of drug-likeness (QED) is 0.770. The molecule has 0 radical (unpaired) electrons. The highest BCUT2D eigenvalue weighted by Crippen LogP contribution is 2.24. The van der Waals surface area contributed by atoms with Gasteiger partial charge in [-0.1, -0.05) is 12.1 Å². The number of rotatable bonds is 3. The summed E-state index contributed by atoms with van der Waals surface area (Å²) in [6, 6.07) is 9.17. The number of carbonyl (C=O) groups is 2. The lowest BCUT2D eigenvalue weighted by Gasteiger charge is -2.29. The van der Waals surface area contributed by atoms with Crippen LogP contribution in [0.15, 0.2) is 48.9 Å². The molecule has 1 aliphatic heterocycles. The molecule has 2 amide bonds. The fourth-order valence-electron chi connectivity index (χ4n) is 3.55. The first-order valence-electron chi connectivity index (χ1n) is 8.71. The molecule has 0 saturated carbocycles. The maximum Gasteiger partial charge on any atom is 0.257 e. The molecule has 3 heterocycles. The number of hydrogen-bond acceptors (Lipinski definition) is 4. The molecule has 0 fully saturated rings. The van der Waals surface area contributed by atoms with Crippen LogP contribution in [0.5, 0.6) is 0 Å². The minimum Gasteiger partial charge on any atom is -0.366 e. The lowest BCUT2D eigenvalue weighted by molar-refractivity contribution is 0.0734. The molecule has 3 aromatic rings. The number of primary amides is 1. The third-order valence-corrected chi connectivity index (χ3v) is 4.97. The zero-order valence-electron chi connectivity index (χ0n) is 14.9. The fourth-order valence-corrected chi connectivity index (χ4v) is 3.55. The van der Waals surface area contributed by atoms with Gasteiger partial charge in [0.25, 0.3) is 5.91 Å². The Kier molecular flexibility index (Phi) is 4.19. The summed E-state index contributed by atoms with van der Waals surface area (Å²) in [5.74, 6) is -0.496. The van der Waals surface area contributed by atoms with Gasteiger partial charge in [-0.15, -0.1) is 0 Å². The average Bonchev–Trinajstić information content (AvgIpc) is 3.08. The molecule has 2 N–H and O–H groups in total. The van der Waals surface area contributed by atoms with E-state index in [2.05, 4.69) is 10.1 Å². The Morgan fingerprint density at radius 1 is 1.11 bits per heavy atom. The number of pyridine rings is 1. The second kappa shape index (κ2) is 6.68. The highest BCUT2D eigenvalue weighted by atomic mass is 16.2. The zero-order chi connectivity index (χ0) is 19.0. The molecule has 27 heavy (non-hydrogen) atoms. The van der Waals surface area contributed by atoms with E-state index in [-0.39, 0.29) is 5.91 Å². The van der Waals surface area contributed by atoms with Gasteiger partial charge in [0.15, 0.2) is 0 Å². The van der Waals surface area contributed by atoms with E-state index in [1.165, 1.54) is 0 Å². The summed E-state index contributed by atoms with van der Waals surface area (Å²) >= 11 is 0. The van der Waals surface area contributed by atoms with Crippen molar-refractivity contribution in [2.45, 2.75) is 19.9 Å². The third-order valence-electron chi connectivity index (χ3n) is 4.97. The number of benzene rings is 1. The van der Waals surface area contributed by atoms with Gasteiger partial charge in [-0.05, 0) is 42.7 Å². The summed E-state index contributed by atoms with van der Waals surface area (Å²) < 4.78 is 1.73. The first-order chi connectivity index (χ1) is 13.1.